The SMILES string of the molecule is O=C1NCc2c1c1c(c3[nH]c4ccc(Br)cc4c23)Cc2ccccc2-1. The third kappa shape index (κ3) is 1.63. The van der Waals surface area contributed by atoms with Crippen LogP contribution in [0.15, 0.2) is 46.9 Å². The summed E-state index contributed by atoms with van der Waals surface area (Å²) in [6, 6.07) is 14.7. The van der Waals surface area contributed by atoms with Crippen molar-refractivity contribution in [3.63, 3.8) is 0 Å². The van der Waals surface area contributed by atoms with E-state index in [1.165, 1.54) is 33.0 Å². The molecule has 1 aromatic heterocycles. The number of fused-ring (bicyclic) bond motifs is 10. The maximum atomic E-state index is 12.7. The molecule has 2 aliphatic rings. The van der Waals surface area contributed by atoms with Gasteiger partial charge in [-0.05, 0) is 40.5 Å². The Hall–Kier alpha value is -2.59. The van der Waals surface area contributed by atoms with E-state index >= 15 is 0 Å². The standard InChI is InChI=1S/C21H13BrN2O/c22-11-5-6-16-13(8-11)18-15-9-23-21(25)19(15)17-12-4-2-1-3-10(12)7-14(17)20(18)24-16/h1-6,8,24H,7,9H2,(H,23,25). The average Bonchev–Trinajstić information content (AvgIpc) is 3.27. The van der Waals surface area contributed by atoms with Crippen LogP contribution in [0.1, 0.15) is 27.0 Å². The number of hydrogen-bond acceptors (Lipinski definition) is 1. The van der Waals surface area contributed by atoms with Crippen LogP contribution in [0.4, 0.5) is 0 Å². The normalized spacial score (nSPS) is 14.7. The number of H-pyrrole nitrogens is 1. The highest BCUT2D eigenvalue weighted by atomic mass is 79.9. The van der Waals surface area contributed by atoms with Crippen molar-refractivity contribution in [2.75, 3.05) is 0 Å². The first-order valence-electron chi connectivity index (χ1n) is 8.37. The summed E-state index contributed by atoms with van der Waals surface area (Å²) >= 11 is 3.58. The molecule has 0 saturated carbocycles. The number of amides is 1. The van der Waals surface area contributed by atoms with E-state index in [-0.39, 0.29) is 5.91 Å². The molecule has 25 heavy (non-hydrogen) atoms. The summed E-state index contributed by atoms with van der Waals surface area (Å²) in [6.45, 7) is 0.597. The summed E-state index contributed by atoms with van der Waals surface area (Å²) in [6.07, 6.45) is 0.872. The highest BCUT2D eigenvalue weighted by Crippen LogP contribution is 2.47. The fourth-order valence-electron chi connectivity index (χ4n) is 4.52. The first-order chi connectivity index (χ1) is 12.2. The number of rotatable bonds is 0. The highest BCUT2D eigenvalue weighted by molar-refractivity contribution is 9.10. The fraction of sp³-hybridized carbons (Fsp3) is 0.0952. The molecular weight excluding hydrogens is 376 g/mol. The highest BCUT2D eigenvalue weighted by Gasteiger charge is 2.34. The van der Waals surface area contributed by atoms with Crippen molar-refractivity contribution in [1.82, 2.24) is 10.3 Å². The van der Waals surface area contributed by atoms with E-state index in [1.807, 2.05) is 0 Å². The zero-order chi connectivity index (χ0) is 16.7. The van der Waals surface area contributed by atoms with Crippen LogP contribution < -0.4 is 5.32 Å². The Morgan fingerprint density at radius 1 is 1.00 bits per heavy atom. The van der Waals surface area contributed by atoms with Crippen molar-refractivity contribution in [3.8, 4) is 11.1 Å². The van der Waals surface area contributed by atoms with E-state index in [2.05, 4.69) is 68.7 Å². The molecule has 0 fully saturated rings. The molecule has 2 heterocycles. The fourth-order valence-corrected chi connectivity index (χ4v) is 4.88. The molecule has 120 valence electrons. The smallest absolute Gasteiger partial charge is 0.252 e. The number of halogens is 1. The quantitative estimate of drug-likeness (QED) is 0.389. The Kier molecular flexibility index (Phi) is 2.47. The van der Waals surface area contributed by atoms with Gasteiger partial charge in [0.1, 0.15) is 0 Å². The maximum Gasteiger partial charge on any atom is 0.252 e. The molecule has 2 N–H and O–H groups in total. The number of carbonyl (C=O) groups is 1. The summed E-state index contributed by atoms with van der Waals surface area (Å²) in [7, 11) is 0. The second kappa shape index (κ2) is 4.52. The van der Waals surface area contributed by atoms with Gasteiger partial charge in [-0.1, -0.05) is 40.2 Å². The number of hydrogen-bond donors (Lipinski definition) is 2. The molecule has 0 bridgehead atoms. The van der Waals surface area contributed by atoms with Crippen molar-refractivity contribution in [2.24, 2.45) is 0 Å². The molecule has 1 aliphatic carbocycles. The summed E-state index contributed by atoms with van der Waals surface area (Å²) in [5.41, 5.74) is 9.16. The molecule has 6 rings (SSSR count). The van der Waals surface area contributed by atoms with Crippen molar-refractivity contribution < 1.29 is 4.79 Å². The van der Waals surface area contributed by atoms with Crippen LogP contribution in [0.3, 0.4) is 0 Å². The molecule has 0 spiro atoms. The molecule has 1 amide bonds. The number of benzene rings is 3. The molecule has 3 aromatic carbocycles. The van der Waals surface area contributed by atoms with Gasteiger partial charge in [0.2, 0.25) is 0 Å². The van der Waals surface area contributed by atoms with E-state index in [0.29, 0.717) is 6.54 Å². The predicted molar refractivity (Wildman–Crippen MR) is 103 cm³/mol. The monoisotopic (exact) mass is 388 g/mol. The van der Waals surface area contributed by atoms with Crippen LogP contribution in [0, 0.1) is 0 Å². The van der Waals surface area contributed by atoms with E-state index in [0.717, 1.165) is 33.1 Å². The predicted octanol–water partition coefficient (Wildman–Crippen LogP) is 4.90. The van der Waals surface area contributed by atoms with Gasteiger partial charge in [0.15, 0.2) is 0 Å². The first kappa shape index (κ1) is 13.7. The van der Waals surface area contributed by atoms with E-state index < -0.39 is 0 Å². The lowest BCUT2D eigenvalue weighted by atomic mass is 9.92. The summed E-state index contributed by atoms with van der Waals surface area (Å²) < 4.78 is 1.05. The number of aromatic amines is 1. The Balaban J connectivity index is 1.87. The molecule has 4 heteroatoms. The zero-order valence-electron chi connectivity index (χ0n) is 13.2. The number of aromatic nitrogens is 1. The average molecular weight is 389 g/mol. The van der Waals surface area contributed by atoms with Crippen molar-refractivity contribution in [1.29, 1.82) is 0 Å². The van der Waals surface area contributed by atoms with Gasteiger partial charge >= 0.3 is 0 Å². The van der Waals surface area contributed by atoms with Crippen molar-refractivity contribution >= 4 is 43.6 Å². The minimum Gasteiger partial charge on any atom is -0.354 e. The minimum absolute atomic E-state index is 0.0502. The maximum absolute atomic E-state index is 12.7. The Morgan fingerprint density at radius 2 is 1.88 bits per heavy atom. The molecule has 1 aliphatic heterocycles. The third-order valence-corrected chi connectivity index (χ3v) is 6.02. The second-order valence-corrected chi connectivity index (χ2v) is 7.70. The van der Waals surface area contributed by atoms with Gasteiger partial charge in [0.05, 0.1) is 11.1 Å². The van der Waals surface area contributed by atoms with E-state index in [9.17, 15) is 4.79 Å². The largest absolute Gasteiger partial charge is 0.354 e. The van der Waals surface area contributed by atoms with E-state index in [4.69, 9.17) is 0 Å². The molecule has 3 nitrogen and oxygen atoms in total. The zero-order valence-corrected chi connectivity index (χ0v) is 14.8. The Bertz CT molecular complexity index is 1250. The second-order valence-electron chi connectivity index (χ2n) is 6.79. The lowest BCUT2D eigenvalue weighted by Gasteiger charge is -2.09. The van der Waals surface area contributed by atoms with Crippen molar-refractivity contribution in [3.05, 3.63) is 69.2 Å². The summed E-state index contributed by atoms with van der Waals surface area (Å²) in [5, 5.41) is 5.41. The van der Waals surface area contributed by atoms with Crippen LogP contribution in [-0.2, 0) is 13.0 Å². The molecule has 0 radical (unpaired) electrons. The van der Waals surface area contributed by atoms with Gasteiger partial charge in [0, 0.05) is 39.3 Å². The van der Waals surface area contributed by atoms with Gasteiger partial charge in [-0.3, -0.25) is 4.79 Å². The first-order valence-corrected chi connectivity index (χ1v) is 9.17. The Labute approximate surface area is 152 Å². The van der Waals surface area contributed by atoms with Gasteiger partial charge < -0.3 is 10.3 Å². The molecule has 0 saturated heterocycles. The van der Waals surface area contributed by atoms with Crippen LogP contribution in [0.5, 0.6) is 0 Å². The topological polar surface area (TPSA) is 44.9 Å². The third-order valence-electron chi connectivity index (χ3n) is 5.52. The lowest BCUT2D eigenvalue weighted by Crippen LogP contribution is -2.13. The van der Waals surface area contributed by atoms with Crippen LogP contribution >= 0.6 is 15.9 Å². The van der Waals surface area contributed by atoms with E-state index in [1.54, 1.807) is 0 Å². The van der Waals surface area contributed by atoms with Crippen molar-refractivity contribution in [2.45, 2.75) is 13.0 Å². The van der Waals surface area contributed by atoms with Crippen LogP contribution in [0.25, 0.3) is 32.9 Å². The van der Waals surface area contributed by atoms with Gasteiger partial charge in [0.25, 0.3) is 5.91 Å². The van der Waals surface area contributed by atoms with Gasteiger partial charge in [-0.15, -0.1) is 0 Å². The van der Waals surface area contributed by atoms with Crippen LogP contribution in [0.2, 0.25) is 0 Å². The number of nitrogens with one attached hydrogen (secondary N) is 2. The molecule has 0 unspecified atom stereocenters. The molecular formula is C21H13BrN2O. The van der Waals surface area contributed by atoms with Crippen LogP contribution in [-0.4, -0.2) is 10.9 Å². The minimum atomic E-state index is 0.0502. The van der Waals surface area contributed by atoms with Gasteiger partial charge in [-0.25, -0.2) is 0 Å². The molecule has 4 aromatic rings. The summed E-state index contributed by atoms with van der Waals surface area (Å²) in [4.78, 5) is 16.3. The lowest BCUT2D eigenvalue weighted by molar-refractivity contribution is 0.0966. The summed E-state index contributed by atoms with van der Waals surface area (Å²) in [5.74, 6) is 0.0502. The van der Waals surface area contributed by atoms with Gasteiger partial charge in [-0.2, -0.15) is 0 Å². The molecule has 0 atom stereocenters. The Morgan fingerprint density at radius 3 is 2.80 bits per heavy atom. The number of carbonyl (C=O) groups excluding carboxylic acids is 1.